The highest BCUT2D eigenvalue weighted by molar-refractivity contribution is 6.04. The molecule has 5 nitrogen and oxygen atoms in total. The number of methoxy groups -OCH3 is 2. The first-order valence-electron chi connectivity index (χ1n) is 6.10. The zero-order chi connectivity index (χ0) is 14.5. The number of hydrogen-bond acceptors (Lipinski definition) is 4. The molecule has 0 bridgehead atoms. The number of ether oxygens (including phenoxy) is 2. The third-order valence-electron chi connectivity index (χ3n) is 2.81. The average molecular weight is 272 g/mol. The Hall–Kier alpha value is -2.56. The van der Waals surface area contributed by atoms with Gasteiger partial charge in [-0.05, 0) is 31.2 Å². The molecule has 0 saturated heterocycles. The van der Waals surface area contributed by atoms with Gasteiger partial charge in [0.1, 0.15) is 0 Å². The van der Waals surface area contributed by atoms with E-state index in [0.717, 1.165) is 5.69 Å². The van der Waals surface area contributed by atoms with E-state index < -0.39 is 0 Å². The summed E-state index contributed by atoms with van der Waals surface area (Å²) in [7, 11) is 3.11. The Morgan fingerprint density at radius 2 is 1.85 bits per heavy atom. The van der Waals surface area contributed by atoms with Crippen LogP contribution in [0, 0.1) is 6.92 Å². The molecule has 0 fully saturated rings. The predicted octanol–water partition coefficient (Wildman–Crippen LogP) is 2.66. The van der Waals surface area contributed by atoms with E-state index in [1.54, 1.807) is 50.7 Å². The van der Waals surface area contributed by atoms with Crippen LogP contribution in [0.5, 0.6) is 11.5 Å². The largest absolute Gasteiger partial charge is 0.493 e. The summed E-state index contributed by atoms with van der Waals surface area (Å²) in [5.74, 6) is 0.958. The van der Waals surface area contributed by atoms with E-state index >= 15 is 0 Å². The van der Waals surface area contributed by atoms with Gasteiger partial charge in [-0.3, -0.25) is 9.78 Å². The molecule has 1 aromatic carbocycles. The van der Waals surface area contributed by atoms with E-state index in [2.05, 4.69) is 10.3 Å². The Labute approximate surface area is 117 Å². The molecule has 2 aromatic rings. The summed E-state index contributed by atoms with van der Waals surface area (Å²) in [6, 6.07) is 8.73. The van der Waals surface area contributed by atoms with Crippen LogP contribution in [0.15, 0.2) is 36.5 Å². The number of nitrogens with zero attached hydrogens (tertiary/aromatic N) is 1. The molecule has 0 atom stereocenters. The van der Waals surface area contributed by atoms with Crippen LogP contribution < -0.4 is 14.8 Å². The van der Waals surface area contributed by atoms with Crippen molar-refractivity contribution in [1.29, 1.82) is 0 Å². The predicted molar refractivity (Wildman–Crippen MR) is 76.5 cm³/mol. The Kier molecular flexibility index (Phi) is 4.20. The van der Waals surface area contributed by atoms with Gasteiger partial charge >= 0.3 is 0 Å². The maximum absolute atomic E-state index is 12.1. The van der Waals surface area contributed by atoms with Gasteiger partial charge < -0.3 is 14.8 Å². The second-order valence-corrected chi connectivity index (χ2v) is 4.21. The molecule has 1 N–H and O–H groups in total. The van der Waals surface area contributed by atoms with E-state index in [-0.39, 0.29) is 5.91 Å². The van der Waals surface area contributed by atoms with Gasteiger partial charge in [0.15, 0.2) is 11.5 Å². The summed E-state index contributed by atoms with van der Waals surface area (Å²) in [4.78, 5) is 16.2. The van der Waals surface area contributed by atoms with E-state index in [4.69, 9.17) is 9.47 Å². The standard InChI is InChI=1S/C15H16N2O3/c1-10-4-5-11(9-16-10)15(18)17-12-6-7-13(19-2)14(8-12)20-3/h4-9H,1-3H3,(H,17,18). The van der Waals surface area contributed by atoms with Crippen molar-refractivity contribution in [2.45, 2.75) is 6.92 Å². The minimum atomic E-state index is -0.218. The Morgan fingerprint density at radius 3 is 2.45 bits per heavy atom. The van der Waals surface area contributed by atoms with Gasteiger partial charge in [-0.2, -0.15) is 0 Å². The number of carbonyl (C=O) groups excluding carboxylic acids is 1. The molecule has 5 heteroatoms. The number of rotatable bonds is 4. The summed E-state index contributed by atoms with van der Waals surface area (Å²) in [6.45, 7) is 1.87. The number of hydrogen-bond donors (Lipinski definition) is 1. The van der Waals surface area contributed by atoms with Gasteiger partial charge in [0.2, 0.25) is 0 Å². The molecule has 1 aromatic heterocycles. The Morgan fingerprint density at radius 1 is 1.10 bits per heavy atom. The lowest BCUT2D eigenvalue weighted by atomic mass is 10.2. The van der Waals surface area contributed by atoms with Crippen LogP contribution in [-0.2, 0) is 0 Å². The van der Waals surface area contributed by atoms with Gasteiger partial charge in [-0.25, -0.2) is 0 Å². The van der Waals surface area contributed by atoms with Crippen LogP contribution in [0.3, 0.4) is 0 Å². The maximum Gasteiger partial charge on any atom is 0.257 e. The quantitative estimate of drug-likeness (QED) is 0.929. The highest BCUT2D eigenvalue weighted by Crippen LogP contribution is 2.29. The zero-order valence-electron chi connectivity index (χ0n) is 11.6. The fourth-order valence-electron chi connectivity index (χ4n) is 1.72. The number of carbonyl (C=O) groups is 1. The van der Waals surface area contributed by atoms with Crippen molar-refractivity contribution >= 4 is 11.6 Å². The van der Waals surface area contributed by atoms with Gasteiger partial charge in [0.25, 0.3) is 5.91 Å². The van der Waals surface area contributed by atoms with Gasteiger partial charge in [-0.15, -0.1) is 0 Å². The molecule has 0 aliphatic heterocycles. The topological polar surface area (TPSA) is 60.5 Å². The van der Waals surface area contributed by atoms with Crippen molar-refractivity contribution < 1.29 is 14.3 Å². The van der Waals surface area contributed by atoms with E-state index in [9.17, 15) is 4.79 Å². The first-order valence-corrected chi connectivity index (χ1v) is 6.10. The fraction of sp³-hybridized carbons (Fsp3) is 0.200. The second kappa shape index (κ2) is 6.06. The van der Waals surface area contributed by atoms with Crippen LogP contribution in [0.4, 0.5) is 5.69 Å². The fourth-order valence-corrected chi connectivity index (χ4v) is 1.72. The molecule has 20 heavy (non-hydrogen) atoms. The number of benzene rings is 1. The molecule has 0 radical (unpaired) electrons. The molecular weight excluding hydrogens is 256 g/mol. The third kappa shape index (κ3) is 3.06. The third-order valence-corrected chi connectivity index (χ3v) is 2.81. The molecule has 0 aliphatic rings. The average Bonchev–Trinajstić information content (AvgIpc) is 2.47. The van der Waals surface area contributed by atoms with Gasteiger partial charge in [-0.1, -0.05) is 0 Å². The number of pyridine rings is 1. The normalized spacial score (nSPS) is 9.95. The van der Waals surface area contributed by atoms with Crippen LogP contribution >= 0.6 is 0 Å². The van der Waals surface area contributed by atoms with Crippen molar-refractivity contribution in [2.75, 3.05) is 19.5 Å². The second-order valence-electron chi connectivity index (χ2n) is 4.21. The highest BCUT2D eigenvalue weighted by Gasteiger charge is 2.09. The number of anilines is 1. The van der Waals surface area contributed by atoms with Crippen molar-refractivity contribution in [3.63, 3.8) is 0 Å². The lowest BCUT2D eigenvalue weighted by Crippen LogP contribution is -2.12. The van der Waals surface area contributed by atoms with Crippen molar-refractivity contribution in [3.05, 3.63) is 47.8 Å². The van der Waals surface area contributed by atoms with Crippen LogP contribution in [0.25, 0.3) is 0 Å². The SMILES string of the molecule is COc1ccc(NC(=O)c2ccc(C)nc2)cc1OC. The summed E-state index contributed by atoms with van der Waals surface area (Å²) >= 11 is 0. The van der Waals surface area contributed by atoms with Crippen molar-refractivity contribution in [3.8, 4) is 11.5 Å². The van der Waals surface area contributed by atoms with Crippen molar-refractivity contribution in [2.24, 2.45) is 0 Å². The summed E-state index contributed by atoms with van der Waals surface area (Å²) in [5.41, 5.74) is 2.01. The monoisotopic (exact) mass is 272 g/mol. The number of aryl methyl sites for hydroxylation is 1. The zero-order valence-corrected chi connectivity index (χ0v) is 11.6. The molecule has 0 spiro atoms. The lowest BCUT2D eigenvalue weighted by molar-refractivity contribution is 0.102. The molecule has 1 amide bonds. The molecular formula is C15H16N2O3. The number of amides is 1. The summed E-state index contributed by atoms with van der Waals surface area (Å²) in [6.07, 6.45) is 1.55. The highest BCUT2D eigenvalue weighted by atomic mass is 16.5. The molecule has 104 valence electrons. The number of nitrogens with one attached hydrogen (secondary N) is 1. The van der Waals surface area contributed by atoms with Crippen LogP contribution in [-0.4, -0.2) is 25.1 Å². The molecule has 0 saturated carbocycles. The van der Waals surface area contributed by atoms with E-state index in [1.165, 1.54) is 0 Å². The summed E-state index contributed by atoms with van der Waals surface area (Å²) < 4.78 is 10.3. The Balaban J connectivity index is 2.17. The van der Waals surface area contributed by atoms with E-state index in [0.29, 0.717) is 22.7 Å². The molecule has 0 unspecified atom stereocenters. The minimum absolute atomic E-state index is 0.218. The van der Waals surface area contributed by atoms with Crippen molar-refractivity contribution in [1.82, 2.24) is 4.98 Å². The summed E-state index contributed by atoms with van der Waals surface area (Å²) in [5, 5.41) is 2.79. The first-order chi connectivity index (χ1) is 9.63. The van der Waals surface area contributed by atoms with Crippen LogP contribution in [0.2, 0.25) is 0 Å². The van der Waals surface area contributed by atoms with Crippen LogP contribution in [0.1, 0.15) is 16.1 Å². The lowest BCUT2D eigenvalue weighted by Gasteiger charge is -2.10. The van der Waals surface area contributed by atoms with Gasteiger partial charge in [0.05, 0.1) is 19.8 Å². The smallest absolute Gasteiger partial charge is 0.257 e. The maximum atomic E-state index is 12.1. The Bertz CT molecular complexity index is 609. The van der Waals surface area contributed by atoms with Gasteiger partial charge in [0, 0.05) is 23.6 Å². The number of aromatic nitrogens is 1. The molecule has 0 aliphatic carbocycles. The van der Waals surface area contributed by atoms with E-state index in [1.807, 2.05) is 6.92 Å². The molecule has 2 rings (SSSR count). The molecule has 1 heterocycles. The first kappa shape index (κ1) is 13.9. The minimum Gasteiger partial charge on any atom is -0.493 e.